The highest BCUT2D eigenvalue weighted by molar-refractivity contribution is 6.55. The first-order chi connectivity index (χ1) is 7.12. The summed E-state index contributed by atoms with van der Waals surface area (Å²) < 4.78 is 0.801. The summed E-state index contributed by atoms with van der Waals surface area (Å²) in [6.07, 6.45) is 8.64. The van der Waals surface area contributed by atoms with Crippen molar-refractivity contribution < 1.29 is 4.79 Å². The van der Waals surface area contributed by atoms with Crippen LogP contribution in [0.1, 0.15) is 4.79 Å². The van der Waals surface area contributed by atoms with Crippen molar-refractivity contribution >= 4 is 29.1 Å². The first-order valence-electron chi connectivity index (χ1n) is 4.01. The molecule has 0 saturated heterocycles. The molecule has 0 saturated carbocycles. The molecule has 5 nitrogen and oxygen atoms in total. The molecule has 0 aliphatic carbocycles. The van der Waals surface area contributed by atoms with Crippen molar-refractivity contribution in [2.75, 3.05) is 0 Å². The number of hydrogen-bond acceptors (Lipinski definition) is 3. The summed E-state index contributed by atoms with van der Waals surface area (Å²) >= 11 is 11.9. The molecular weight excluding hydrogens is 239 g/mol. The highest BCUT2D eigenvalue weighted by Gasteiger charge is 2.36. The first-order valence-corrected chi connectivity index (χ1v) is 4.77. The smallest absolute Gasteiger partial charge is 0.289 e. The lowest BCUT2D eigenvalue weighted by atomic mass is 10.5. The normalized spacial score (nSPS) is 11.6. The summed E-state index contributed by atoms with van der Waals surface area (Å²) in [5.41, 5.74) is 0. The van der Waals surface area contributed by atoms with E-state index < -0.39 is 10.4 Å². The Morgan fingerprint density at radius 3 is 2.33 bits per heavy atom. The van der Waals surface area contributed by atoms with Gasteiger partial charge < -0.3 is 0 Å². The van der Waals surface area contributed by atoms with Gasteiger partial charge in [0.1, 0.15) is 6.33 Å². The molecule has 0 radical (unpaired) electrons. The van der Waals surface area contributed by atoms with E-state index in [-0.39, 0.29) is 0 Å². The monoisotopic (exact) mass is 244 g/mol. The molecule has 0 N–H and O–H groups in total. The van der Waals surface area contributed by atoms with E-state index in [0.29, 0.717) is 0 Å². The maximum absolute atomic E-state index is 11.8. The maximum atomic E-state index is 11.8. The van der Waals surface area contributed by atoms with Gasteiger partial charge in [-0.2, -0.15) is 0 Å². The number of imidazole rings is 2. The molecule has 0 unspecified atom stereocenters. The number of carbonyl (C=O) groups is 1. The lowest BCUT2D eigenvalue weighted by Gasteiger charge is -2.19. The Labute approximate surface area is 95.3 Å². The summed E-state index contributed by atoms with van der Waals surface area (Å²) in [5.74, 6) is -0.513. The quantitative estimate of drug-likeness (QED) is 0.753. The molecule has 0 aromatic carbocycles. The summed E-state index contributed by atoms with van der Waals surface area (Å²) in [7, 11) is 0. The van der Waals surface area contributed by atoms with E-state index in [1.54, 1.807) is 0 Å². The van der Waals surface area contributed by atoms with Gasteiger partial charge >= 0.3 is 0 Å². The molecule has 2 heterocycles. The van der Waals surface area contributed by atoms with Gasteiger partial charge in [0.05, 0.1) is 6.33 Å². The fourth-order valence-electron chi connectivity index (χ4n) is 1.07. The Balaban J connectivity index is 2.35. The van der Waals surface area contributed by atoms with Crippen LogP contribution in [0.2, 0.25) is 0 Å². The minimum atomic E-state index is -1.71. The standard InChI is InChI=1S/C8H6Cl2N4O/c9-8(10,14-4-2-12-6-14)7(15)13-3-1-11-5-13/h1-6H. The topological polar surface area (TPSA) is 52.7 Å². The predicted molar refractivity (Wildman–Crippen MR) is 54.8 cm³/mol. The highest BCUT2D eigenvalue weighted by atomic mass is 35.5. The molecular formula is C8H6Cl2N4O. The summed E-state index contributed by atoms with van der Waals surface area (Å²) in [6.45, 7) is 0. The van der Waals surface area contributed by atoms with Gasteiger partial charge in [-0.05, 0) is 0 Å². The van der Waals surface area contributed by atoms with Crippen molar-refractivity contribution in [3.05, 3.63) is 37.4 Å². The van der Waals surface area contributed by atoms with Crippen LogP contribution in [-0.2, 0) is 4.46 Å². The van der Waals surface area contributed by atoms with Gasteiger partial charge in [0.25, 0.3) is 10.4 Å². The van der Waals surface area contributed by atoms with E-state index in [4.69, 9.17) is 23.2 Å². The van der Waals surface area contributed by atoms with Gasteiger partial charge in [-0.15, -0.1) is 0 Å². The van der Waals surface area contributed by atoms with Crippen LogP contribution in [0, 0.1) is 0 Å². The Hall–Kier alpha value is -1.33. The van der Waals surface area contributed by atoms with Gasteiger partial charge in [0.15, 0.2) is 0 Å². The van der Waals surface area contributed by atoms with E-state index in [0.717, 1.165) is 0 Å². The lowest BCUT2D eigenvalue weighted by molar-refractivity contribution is 0.0859. The number of hydrogen-bond donors (Lipinski definition) is 0. The van der Waals surface area contributed by atoms with Crippen molar-refractivity contribution in [2.45, 2.75) is 4.46 Å². The average molecular weight is 245 g/mol. The zero-order chi connectivity index (χ0) is 10.9. The SMILES string of the molecule is O=C(n1ccnc1)C(Cl)(Cl)n1ccnc1. The molecule has 15 heavy (non-hydrogen) atoms. The average Bonchev–Trinajstić information content (AvgIpc) is 2.89. The van der Waals surface area contributed by atoms with E-state index in [1.165, 1.54) is 46.6 Å². The third-order valence-electron chi connectivity index (χ3n) is 1.82. The molecule has 78 valence electrons. The molecule has 2 rings (SSSR count). The number of alkyl halides is 2. The largest absolute Gasteiger partial charge is 0.297 e. The van der Waals surface area contributed by atoms with Crippen molar-refractivity contribution in [1.82, 2.24) is 19.1 Å². The van der Waals surface area contributed by atoms with Gasteiger partial charge in [0, 0.05) is 24.8 Å². The second kappa shape index (κ2) is 3.67. The van der Waals surface area contributed by atoms with Gasteiger partial charge in [-0.25, -0.2) is 9.97 Å². The van der Waals surface area contributed by atoms with Crippen LogP contribution in [0.3, 0.4) is 0 Å². The zero-order valence-electron chi connectivity index (χ0n) is 7.42. The van der Waals surface area contributed by atoms with Crippen LogP contribution >= 0.6 is 23.2 Å². The van der Waals surface area contributed by atoms with Crippen molar-refractivity contribution in [2.24, 2.45) is 0 Å². The molecule has 7 heteroatoms. The van der Waals surface area contributed by atoms with Gasteiger partial charge in [-0.3, -0.25) is 13.9 Å². The number of aromatic nitrogens is 4. The Morgan fingerprint density at radius 2 is 1.80 bits per heavy atom. The second-order valence-corrected chi connectivity index (χ2v) is 4.07. The number of nitrogens with zero attached hydrogens (tertiary/aromatic N) is 4. The van der Waals surface area contributed by atoms with Crippen LogP contribution in [0.4, 0.5) is 0 Å². The van der Waals surface area contributed by atoms with Crippen LogP contribution < -0.4 is 0 Å². The molecule has 0 aliphatic rings. The third-order valence-corrected chi connectivity index (χ3v) is 2.54. The molecule has 2 aromatic rings. The number of halogens is 2. The van der Waals surface area contributed by atoms with Gasteiger partial charge in [0.2, 0.25) is 0 Å². The molecule has 0 amide bonds. The van der Waals surface area contributed by atoms with Crippen LogP contribution in [0.25, 0.3) is 0 Å². The molecule has 0 fully saturated rings. The predicted octanol–water partition coefficient (Wildman–Crippen LogP) is 1.51. The fourth-order valence-corrected chi connectivity index (χ4v) is 1.47. The highest BCUT2D eigenvalue weighted by Crippen LogP contribution is 2.28. The van der Waals surface area contributed by atoms with E-state index in [9.17, 15) is 4.79 Å². The van der Waals surface area contributed by atoms with Gasteiger partial charge in [-0.1, -0.05) is 23.2 Å². The minimum absolute atomic E-state index is 0.513. The fraction of sp³-hybridized carbons (Fsp3) is 0.125. The molecule has 0 atom stereocenters. The van der Waals surface area contributed by atoms with Crippen molar-refractivity contribution in [1.29, 1.82) is 0 Å². The second-order valence-electron chi connectivity index (χ2n) is 2.79. The summed E-state index contributed by atoms with van der Waals surface area (Å²) in [5, 5.41) is 0. The van der Waals surface area contributed by atoms with Crippen molar-refractivity contribution in [3.8, 4) is 0 Å². The Morgan fingerprint density at radius 1 is 1.13 bits per heavy atom. The Kier molecular flexibility index (Phi) is 2.50. The molecule has 0 bridgehead atoms. The summed E-state index contributed by atoms with van der Waals surface area (Å²) in [6, 6.07) is 0. The maximum Gasteiger partial charge on any atom is 0.289 e. The first kappa shape index (κ1) is 10.2. The van der Waals surface area contributed by atoms with Crippen LogP contribution in [0.15, 0.2) is 37.4 Å². The third kappa shape index (κ3) is 1.75. The van der Waals surface area contributed by atoms with Crippen molar-refractivity contribution in [3.63, 3.8) is 0 Å². The number of rotatable bonds is 2. The van der Waals surface area contributed by atoms with E-state index in [1.807, 2.05) is 0 Å². The van der Waals surface area contributed by atoms with E-state index in [2.05, 4.69) is 9.97 Å². The Bertz CT molecular complexity index is 449. The summed E-state index contributed by atoms with van der Waals surface area (Å²) in [4.78, 5) is 19.3. The molecule has 0 aliphatic heterocycles. The van der Waals surface area contributed by atoms with E-state index >= 15 is 0 Å². The number of carbonyl (C=O) groups excluding carboxylic acids is 1. The van der Waals surface area contributed by atoms with Crippen LogP contribution in [-0.4, -0.2) is 25.0 Å². The van der Waals surface area contributed by atoms with Crippen LogP contribution in [0.5, 0.6) is 0 Å². The molecule has 0 spiro atoms. The lowest BCUT2D eigenvalue weighted by Crippen LogP contribution is -2.33. The zero-order valence-corrected chi connectivity index (χ0v) is 8.93. The minimum Gasteiger partial charge on any atom is -0.297 e. The molecule has 2 aromatic heterocycles.